The Labute approximate surface area is 149 Å². The normalized spacial score (nSPS) is 16.1. The van der Waals surface area contributed by atoms with Crippen LogP contribution in [0.4, 0.5) is 0 Å². The topological polar surface area (TPSA) is 25.0 Å². The Morgan fingerprint density at radius 3 is 2.44 bits per heavy atom. The van der Waals surface area contributed by atoms with Crippen LogP contribution >= 0.6 is 0 Å². The summed E-state index contributed by atoms with van der Waals surface area (Å²) in [5.74, 6) is 1.92. The van der Waals surface area contributed by atoms with Crippen LogP contribution in [0.1, 0.15) is 53.5 Å². The van der Waals surface area contributed by atoms with Gasteiger partial charge in [0, 0.05) is 28.9 Å². The highest BCUT2D eigenvalue weighted by atomic mass is 16.5. The van der Waals surface area contributed by atoms with Crippen LogP contribution in [0.3, 0.4) is 0 Å². The van der Waals surface area contributed by atoms with Crippen molar-refractivity contribution >= 4 is 0 Å². The molecule has 2 aromatic carbocycles. The van der Waals surface area contributed by atoms with E-state index in [-0.39, 0.29) is 0 Å². The predicted octanol–water partition coefficient (Wildman–Crippen LogP) is 5.95. The molecule has 2 nitrogen and oxygen atoms in total. The molecule has 3 aromatic rings. The van der Waals surface area contributed by atoms with Gasteiger partial charge in [-0.05, 0) is 54.2 Å². The van der Waals surface area contributed by atoms with Gasteiger partial charge in [0.25, 0.3) is 0 Å². The molecule has 0 radical (unpaired) electrons. The van der Waals surface area contributed by atoms with Gasteiger partial charge in [0.15, 0.2) is 0 Å². The quantitative estimate of drug-likeness (QED) is 0.630. The second-order valence-corrected chi connectivity index (χ2v) is 7.40. The first kappa shape index (κ1) is 16.0. The molecule has 1 atom stereocenters. The Balaban J connectivity index is 1.81. The molecule has 128 valence electrons. The van der Waals surface area contributed by atoms with Gasteiger partial charge in [0.05, 0.1) is 6.61 Å². The van der Waals surface area contributed by atoms with Gasteiger partial charge in [-0.1, -0.05) is 44.2 Å². The highest BCUT2D eigenvalue weighted by Crippen LogP contribution is 2.47. The molecule has 0 bridgehead atoms. The Morgan fingerprint density at radius 1 is 1.04 bits per heavy atom. The van der Waals surface area contributed by atoms with E-state index < -0.39 is 0 Å². The second-order valence-electron chi connectivity index (χ2n) is 7.40. The molecule has 0 saturated carbocycles. The third-order valence-corrected chi connectivity index (χ3v) is 5.34. The number of fused-ring (bicyclic) bond motifs is 1. The maximum absolute atomic E-state index is 6.24. The lowest BCUT2D eigenvalue weighted by molar-refractivity contribution is 0.344. The lowest BCUT2D eigenvalue weighted by atomic mass is 9.86. The van der Waals surface area contributed by atoms with Crippen LogP contribution < -0.4 is 4.74 Å². The summed E-state index contributed by atoms with van der Waals surface area (Å²) in [4.78, 5) is 3.34. The minimum absolute atomic E-state index is 0.311. The first-order chi connectivity index (χ1) is 12.1. The lowest BCUT2D eigenvalue weighted by Gasteiger charge is -2.16. The smallest absolute Gasteiger partial charge is 0.133 e. The Hall–Kier alpha value is -2.48. The van der Waals surface area contributed by atoms with Crippen molar-refractivity contribution in [2.75, 3.05) is 6.61 Å². The number of hydrogen-bond donors (Lipinski definition) is 1. The van der Waals surface area contributed by atoms with Gasteiger partial charge in [-0.25, -0.2) is 0 Å². The first-order valence-electron chi connectivity index (χ1n) is 9.06. The van der Waals surface area contributed by atoms with Crippen LogP contribution in [0.15, 0.2) is 48.7 Å². The number of hydrogen-bond acceptors (Lipinski definition) is 1. The van der Waals surface area contributed by atoms with E-state index in [9.17, 15) is 0 Å². The molecule has 2 heterocycles. The van der Waals surface area contributed by atoms with Crippen molar-refractivity contribution in [2.45, 2.75) is 39.5 Å². The SMILES string of the molecule is Cc1cc(C)c2c(c1-c1ccc[nH]1)OCC2c1ccc(C(C)C)cc1. The van der Waals surface area contributed by atoms with E-state index >= 15 is 0 Å². The molecular formula is C23H25NO. The summed E-state index contributed by atoms with van der Waals surface area (Å²) in [6.07, 6.45) is 1.97. The van der Waals surface area contributed by atoms with Crippen molar-refractivity contribution in [3.8, 4) is 17.0 Å². The van der Waals surface area contributed by atoms with Crippen molar-refractivity contribution in [3.63, 3.8) is 0 Å². The van der Waals surface area contributed by atoms with E-state index in [1.54, 1.807) is 0 Å². The van der Waals surface area contributed by atoms with E-state index in [1.165, 1.54) is 33.4 Å². The number of ether oxygens (including phenoxy) is 1. The zero-order valence-corrected chi connectivity index (χ0v) is 15.4. The summed E-state index contributed by atoms with van der Waals surface area (Å²) in [5, 5.41) is 0. The lowest BCUT2D eigenvalue weighted by Crippen LogP contribution is -2.04. The maximum Gasteiger partial charge on any atom is 0.133 e. The van der Waals surface area contributed by atoms with Gasteiger partial charge >= 0.3 is 0 Å². The number of rotatable bonds is 3. The van der Waals surface area contributed by atoms with Crippen LogP contribution in [-0.4, -0.2) is 11.6 Å². The van der Waals surface area contributed by atoms with Gasteiger partial charge in [-0.2, -0.15) is 0 Å². The van der Waals surface area contributed by atoms with E-state index in [1.807, 2.05) is 12.3 Å². The molecule has 1 N–H and O–H groups in total. The molecule has 0 aliphatic carbocycles. The fourth-order valence-corrected chi connectivity index (χ4v) is 4.00. The molecule has 4 rings (SSSR count). The average molecular weight is 331 g/mol. The summed E-state index contributed by atoms with van der Waals surface area (Å²) in [6.45, 7) is 9.55. The third-order valence-electron chi connectivity index (χ3n) is 5.34. The number of nitrogens with one attached hydrogen (secondary N) is 1. The van der Waals surface area contributed by atoms with Crippen LogP contribution in [0.2, 0.25) is 0 Å². The van der Waals surface area contributed by atoms with Gasteiger partial charge in [-0.3, -0.25) is 0 Å². The first-order valence-corrected chi connectivity index (χ1v) is 9.06. The third kappa shape index (κ3) is 2.66. The van der Waals surface area contributed by atoms with Gasteiger partial charge in [0.1, 0.15) is 5.75 Å². The highest BCUT2D eigenvalue weighted by molar-refractivity contribution is 5.76. The molecule has 25 heavy (non-hydrogen) atoms. The predicted molar refractivity (Wildman–Crippen MR) is 104 cm³/mol. The van der Waals surface area contributed by atoms with Gasteiger partial charge < -0.3 is 9.72 Å². The maximum atomic E-state index is 6.24. The summed E-state index contributed by atoms with van der Waals surface area (Å²) in [6, 6.07) is 15.5. The van der Waals surface area contributed by atoms with Crippen molar-refractivity contribution in [1.29, 1.82) is 0 Å². The van der Waals surface area contributed by atoms with Crippen molar-refractivity contribution < 1.29 is 4.74 Å². The molecule has 0 saturated heterocycles. The van der Waals surface area contributed by atoms with E-state index in [4.69, 9.17) is 4.74 Å². The number of H-pyrrole nitrogens is 1. The minimum atomic E-state index is 0.311. The molecule has 1 aromatic heterocycles. The van der Waals surface area contributed by atoms with Gasteiger partial charge in [0.2, 0.25) is 0 Å². The van der Waals surface area contributed by atoms with Crippen LogP contribution in [-0.2, 0) is 0 Å². The zero-order valence-electron chi connectivity index (χ0n) is 15.4. The van der Waals surface area contributed by atoms with E-state index in [0.717, 1.165) is 11.4 Å². The number of aromatic amines is 1. The fourth-order valence-electron chi connectivity index (χ4n) is 4.00. The number of aromatic nitrogens is 1. The van der Waals surface area contributed by atoms with Crippen LogP contribution in [0.25, 0.3) is 11.3 Å². The fraction of sp³-hybridized carbons (Fsp3) is 0.304. The molecule has 0 fully saturated rings. The molecular weight excluding hydrogens is 306 g/mol. The van der Waals surface area contributed by atoms with Gasteiger partial charge in [-0.15, -0.1) is 0 Å². The standard InChI is InChI=1S/C23H25NO/c1-14(2)17-7-9-18(10-8-17)19-13-25-23-21(19)15(3)12-16(4)22(23)20-6-5-11-24-20/h5-12,14,19,24H,13H2,1-4H3. The average Bonchev–Trinajstić information content (AvgIpc) is 3.25. The minimum Gasteiger partial charge on any atom is -0.492 e. The van der Waals surface area contributed by atoms with E-state index in [0.29, 0.717) is 18.4 Å². The largest absolute Gasteiger partial charge is 0.492 e. The number of benzene rings is 2. The number of aryl methyl sites for hydroxylation is 2. The molecule has 0 spiro atoms. The van der Waals surface area contributed by atoms with Crippen molar-refractivity contribution in [1.82, 2.24) is 4.98 Å². The summed E-state index contributed by atoms with van der Waals surface area (Å²) >= 11 is 0. The Kier molecular flexibility index (Phi) is 3.91. The molecule has 1 aliphatic heterocycles. The highest BCUT2D eigenvalue weighted by Gasteiger charge is 2.31. The molecule has 2 heteroatoms. The monoisotopic (exact) mass is 331 g/mol. The zero-order chi connectivity index (χ0) is 17.6. The van der Waals surface area contributed by atoms with Crippen LogP contribution in [0.5, 0.6) is 5.75 Å². The summed E-state index contributed by atoms with van der Waals surface area (Å²) < 4.78 is 6.24. The molecule has 1 aliphatic rings. The molecule has 0 amide bonds. The Morgan fingerprint density at radius 2 is 1.80 bits per heavy atom. The molecule has 1 unspecified atom stereocenters. The van der Waals surface area contributed by atoms with Crippen molar-refractivity contribution in [2.24, 2.45) is 0 Å². The van der Waals surface area contributed by atoms with Crippen LogP contribution in [0, 0.1) is 13.8 Å². The second kappa shape index (κ2) is 6.11. The Bertz CT molecular complexity index is 889. The van der Waals surface area contributed by atoms with E-state index in [2.05, 4.69) is 69.1 Å². The summed E-state index contributed by atoms with van der Waals surface area (Å²) in [5.41, 5.74) is 8.97. The summed E-state index contributed by atoms with van der Waals surface area (Å²) in [7, 11) is 0. The van der Waals surface area contributed by atoms with Crippen molar-refractivity contribution in [3.05, 3.63) is 76.5 Å².